The first-order valence-corrected chi connectivity index (χ1v) is 16.8. The van der Waals surface area contributed by atoms with Gasteiger partial charge in [0.05, 0.1) is 11.2 Å². The smallest absolute Gasteiger partial charge is 0.153 e. The molecular weight excluding hydrogens is 580 g/mol. The molecule has 0 atom stereocenters. The van der Waals surface area contributed by atoms with Crippen LogP contribution < -0.4 is 14.2 Å². The molecule has 1 fully saturated rings. The molecule has 238 valence electrons. The Bertz CT molecular complexity index is 1840. The van der Waals surface area contributed by atoms with E-state index in [1.165, 1.54) is 37.9 Å². The molecule has 7 rings (SSSR count). The maximum atomic E-state index is 6.68. The molecule has 1 saturated heterocycles. The van der Waals surface area contributed by atoms with Gasteiger partial charge in [0, 0.05) is 24.0 Å². The molecular formula is C42H42N2O3. The molecule has 0 N–H and O–H groups in total. The number of rotatable bonds is 13. The quantitative estimate of drug-likeness (QED) is 0.129. The predicted octanol–water partition coefficient (Wildman–Crippen LogP) is 9.38. The van der Waals surface area contributed by atoms with Gasteiger partial charge in [-0.1, -0.05) is 91.3 Å². The summed E-state index contributed by atoms with van der Waals surface area (Å²) in [4.78, 5) is 2.51. The van der Waals surface area contributed by atoms with Gasteiger partial charge in [0.15, 0.2) is 5.75 Å². The molecule has 0 radical (unpaired) electrons. The van der Waals surface area contributed by atoms with E-state index in [1.807, 2.05) is 24.3 Å². The van der Waals surface area contributed by atoms with Crippen molar-refractivity contribution in [3.05, 3.63) is 150 Å². The van der Waals surface area contributed by atoms with E-state index in [-0.39, 0.29) is 0 Å². The summed E-state index contributed by atoms with van der Waals surface area (Å²) in [6, 6.07) is 46.1. The Morgan fingerprint density at radius 2 is 1.11 bits per heavy atom. The summed E-state index contributed by atoms with van der Waals surface area (Å²) in [5, 5.41) is 1.10. The molecule has 5 heteroatoms. The lowest BCUT2D eigenvalue weighted by Crippen LogP contribution is -2.33. The molecule has 0 bridgehead atoms. The summed E-state index contributed by atoms with van der Waals surface area (Å²) in [5.41, 5.74) is 6.75. The van der Waals surface area contributed by atoms with Crippen LogP contribution in [0.15, 0.2) is 133 Å². The average Bonchev–Trinajstić information content (AvgIpc) is 3.44. The predicted molar refractivity (Wildman–Crippen MR) is 190 cm³/mol. The minimum absolute atomic E-state index is 0.490. The summed E-state index contributed by atoms with van der Waals surface area (Å²) < 4.78 is 21.3. The monoisotopic (exact) mass is 622 g/mol. The lowest BCUT2D eigenvalue weighted by molar-refractivity contribution is 0.183. The maximum Gasteiger partial charge on any atom is 0.153 e. The van der Waals surface area contributed by atoms with Gasteiger partial charge in [-0.25, -0.2) is 0 Å². The Morgan fingerprint density at radius 3 is 1.81 bits per heavy atom. The van der Waals surface area contributed by atoms with E-state index in [1.54, 1.807) is 0 Å². The molecule has 0 unspecified atom stereocenters. The highest BCUT2D eigenvalue weighted by atomic mass is 16.5. The van der Waals surface area contributed by atoms with Gasteiger partial charge < -0.3 is 18.8 Å². The van der Waals surface area contributed by atoms with Gasteiger partial charge in [-0.3, -0.25) is 4.90 Å². The topological polar surface area (TPSA) is 35.9 Å². The Balaban J connectivity index is 1.16. The van der Waals surface area contributed by atoms with E-state index < -0.39 is 0 Å². The van der Waals surface area contributed by atoms with Gasteiger partial charge in [0.2, 0.25) is 0 Å². The molecule has 6 aromatic rings. The second kappa shape index (κ2) is 15.1. The number of likely N-dealkylation sites (tertiary alicyclic amines) is 1. The lowest BCUT2D eigenvalue weighted by Gasteiger charge is -2.26. The van der Waals surface area contributed by atoms with Crippen molar-refractivity contribution in [2.75, 3.05) is 26.2 Å². The number of hydrogen-bond donors (Lipinski definition) is 0. The van der Waals surface area contributed by atoms with Gasteiger partial charge in [-0.2, -0.15) is 0 Å². The van der Waals surface area contributed by atoms with E-state index in [0.717, 1.165) is 63.7 Å². The fourth-order valence-electron chi connectivity index (χ4n) is 6.40. The fraction of sp³-hybridized carbons (Fsp3) is 0.238. The molecule has 2 heterocycles. The largest absolute Gasteiger partial charge is 0.492 e. The summed E-state index contributed by atoms with van der Waals surface area (Å²) in [6.45, 7) is 5.81. The number of aromatic nitrogens is 1. The Labute approximate surface area is 278 Å². The number of hydrogen-bond acceptors (Lipinski definition) is 4. The van der Waals surface area contributed by atoms with Crippen LogP contribution in [0.5, 0.6) is 17.2 Å². The maximum absolute atomic E-state index is 6.68. The summed E-state index contributed by atoms with van der Waals surface area (Å²) in [7, 11) is 0. The van der Waals surface area contributed by atoms with Crippen LogP contribution in [0.25, 0.3) is 22.2 Å². The van der Waals surface area contributed by atoms with E-state index in [0.29, 0.717) is 19.8 Å². The van der Waals surface area contributed by atoms with Crippen molar-refractivity contribution in [3.8, 4) is 28.5 Å². The molecule has 1 aliphatic rings. The van der Waals surface area contributed by atoms with E-state index in [2.05, 4.69) is 119 Å². The number of ether oxygens (including phenoxy) is 3. The van der Waals surface area contributed by atoms with Crippen LogP contribution in [0.1, 0.15) is 36.0 Å². The summed E-state index contributed by atoms with van der Waals surface area (Å²) in [5.74, 6) is 2.64. The molecule has 5 aromatic carbocycles. The van der Waals surface area contributed by atoms with E-state index in [9.17, 15) is 0 Å². The third-order valence-corrected chi connectivity index (χ3v) is 8.92. The van der Waals surface area contributed by atoms with E-state index in [4.69, 9.17) is 14.2 Å². The van der Waals surface area contributed by atoms with Crippen LogP contribution in [0, 0.1) is 0 Å². The first kappa shape index (κ1) is 30.6. The highest BCUT2D eigenvalue weighted by Crippen LogP contribution is 2.41. The van der Waals surface area contributed by atoms with Gasteiger partial charge in [-0.15, -0.1) is 0 Å². The average molecular weight is 623 g/mol. The van der Waals surface area contributed by atoms with Gasteiger partial charge in [0.1, 0.15) is 31.3 Å². The second-order valence-electron chi connectivity index (χ2n) is 12.2. The zero-order chi connectivity index (χ0) is 31.7. The molecule has 1 aromatic heterocycles. The first-order chi connectivity index (χ1) is 23.3. The molecule has 0 aliphatic carbocycles. The normalized spacial score (nSPS) is 13.4. The van der Waals surface area contributed by atoms with Crippen LogP contribution in [-0.4, -0.2) is 35.7 Å². The number of benzene rings is 5. The Kier molecular flexibility index (Phi) is 9.82. The number of fused-ring (bicyclic) bond motifs is 1. The van der Waals surface area contributed by atoms with Crippen LogP contribution in [0.3, 0.4) is 0 Å². The molecule has 0 spiro atoms. The standard InChI is InChI=1S/C42H42N2O3/c1-4-12-34(13-5-1)31-46-38-24-20-36(21-25-38)41-42(47-32-35-14-6-2-7-15-35)39-16-8-9-17-40(39)44(41)30-33-18-22-37(23-19-33)45-29-28-43-26-10-3-11-27-43/h1-2,4-9,12-25H,3,10-11,26-32H2. The van der Waals surface area contributed by atoms with Crippen molar-refractivity contribution < 1.29 is 14.2 Å². The van der Waals surface area contributed by atoms with Crippen LogP contribution in [0.4, 0.5) is 0 Å². The van der Waals surface area contributed by atoms with Crippen molar-refractivity contribution in [3.63, 3.8) is 0 Å². The minimum atomic E-state index is 0.490. The molecule has 47 heavy (non-hydrogen) atoms. The van der Waals surface area contributed by atoms with E-state index >= 15 is 0 Å². The molecule has 0 saturated carbocycles. The Hall–Kier alpha value is -5.00. The lowest BCUT2D eigenvalue weighted by atomic mass is 10.1. The van der Waals surface area contributed by atoms with Crippen molar-refractivity contribution >= 4 is 10.9 Å². The summed E-state index contributed by atoms with van der Waals surface area (Å²) >= 11 is 0. The third-order valence-electron chi connectivity index (χ3n) is 8.92. The number of nitrogens with zero attached hydrogens (tertiary/aromatic N) is 2. The second-order valence-corrected chi connectivity index (χ2v) is 12.2. The molecule has 5 nitrogen and oxygen atoms in total. The van der Waals surface area contributed by atoms with Crippen LogP contribution in [-0.2, 0) is 19.8 Å². The highest BCUT2D eigenvalue weighted by Gasteiger charge is 2.21. The van der Waals surface area contributed by atoms with Gasteiger partial charge in [-0.05, 0) is 91.2 Å². The van der Waals surface area contributed by atoms with Crippen molar-refractivity contribution in [1.29, 1.82) is 0 Å². The highest BCUT2D eigenvalue weighted by molar-refractivity contribution is 5.95. The number of para-hydroxylation sites is 1. The molecule has 1 aliphatic heterocycles. The van der Waals surface area contributed by atoms with Gasteiger partial charge in [0.25, 0.3) is 0 Å². The first-order valence-electron chi connectivity index (χ1n) is 16.8. The van der Waals surface area contributed by atoms with Crippen molar-refractivity contribution in [1.82, 2.24) is 9.47 Å². The van der Waals surface area contributed by atoms with Crippen molar-refractivity contribution in [2.24, 2.45) is 0 Å². The fourth-order valence-corrected chi connectivity index (χ4v) is 6.40. The zero-order valence-corrected chi connectivity index (χ0v) is 26.9. The SMILES string of the molecule is c1ccc(COc2ccc(-c3c(OCc4ccccc4)c4ccccc4n3Cc3ccc(OCCN4CCCCC4)cc3)cc2)cc1. The summed E-state index contributed by atoms with van der Waals surface area (Å²) in [6.07, 6.45) is 3.96. The minimum Gasteiger partial charge on any atom is -0.492 e. The van der Waals surface area contributed by atoms with Gasteiger partial charge >= 0.3 is 0 Å². The third kappa shape index (κ3) is 7.70. The molecule has 0 amide bonds. The number of piperidine rings is 1. The van der Waals surface area contributed by atoms with Crippen LogP contribution in [0.2, 0.25) is 0 Å². The van der Waals surface area contributed by atoms with Crippen molar-refractivity contribution in [2.45, 2.75) is 39.0 Å². The Morgan fingerprint density at radius 1 is 0.511 bits per heavy atom. The van der Waals surface area contributed by atoms with Crippen LogP contribution >= 0.6 is 0 Å². The zero-order valence-electron chi connectivity index (χ0n) is 26.9.